The lowest BCUT2D eigenvalue weighted by molar-refractivity contribution is -0.671. The monoisotopic (exact) mass is 583 g/mol. The number of pyridine rings is 1. The minimum Gasteiger partial charge on any atom is -0.200 e. The number of hydrogen-bond donors (Lipinski definition) is 0. The highest BCUT2D eigenvalue weighted by molar-refractivity contribution is 7.11. The summed E-state index contributed by atoms with van der Waals surface area (Å²) in [6.07, 6.45) is 13.0. The summed E-state index contributed by atoms with van der Waals surface area (Å²) < 4.78 is 2.38. The molecule has 0 fully saturated rings. The zero-order chi connectivity index (χ0) is 31.2. The normalized spacial score (nSPS) is 11.3. The molecule has 1 nitrogen and oxygen atoms in total. The molecule has 5 aromatic rings. The number of unbranched alkanes of at least 4 members (excludes halogenated alkanes) is 6. The van der Waals surface area contributed by atoms with Crippen molar-refractivity contribution in [3.05, 3.63) is 132 Å². The van der Waals surface area contributed by atoms with Gasteiger partial charge in [-0.3, -0.25) is 0 Å². The molecule has 44 heavy (non-hydrogen) atoms. The van der Waals surface area contributed by atoms with Crippen molar-refractivity contribution in [2.24, 2.45) is 0 Å². The largest absolute Gasteiger partial charge is 0.212 e. The highest BCUT2D eigenvalue weighted by Gasteiger charge is 2.29. The quantitative estimate of drug-likeness (QED) is 0.0739. The van der Waals surface area contributed by atoms with E-state index in [0.717, 1.165) is 6.54 Å². The summed E-state index contributed by atoms with van der Waals surface area (Å²) >= 11 is 0. The second kappa shape index (κ2) is 17.0. The molecule has 0 atom stereocenters. The van der Waals surface area contributed by atoms with Gasteiger partial charge in [-0.2, -0.15) is 27.3 Å². The number of para-hydroxylation sites is 1. The lowest BCUT2D eigenvalue weighted by Crippen LogP contribution is -2.67. The van der Waals surface area contributed by atoms with Gasteiger partial charge in [0.2, 0.25) is 5.52 Å². The summed E-state index contributed by atoms with van der Waals surface area (Å²) in [4.78, 5) is 0. The molecule has 0 aliphatic rings. The first-order valence-corrected chi connectivity index (χ1v) is 17.2. The van der Waals surface area contributed by atoms with Gasteiger partial charge in [0.1, 0.15) is 6.54 Å². The van der Waals surface area contributed by atoms with Crippen LogP contribution in [0.25, 0.3) is 10.9 Å². The molecule has 0 N–H and O–H groups in total. The van der Waals surface area contributed by atoms with Gasteiger partial charge < -0.3 is 0 Å². The molecule has 230 valence electrons. The highest BCUT2D eigenvalue weighted by atomic mass is 14.9. The van der Waals surface area contributed by atoms with Gasteiger partial charge >= 0.3 is 0 Å². The van der Waals surface area contributed by atoms with E-state index >= 15 is 0 Å². The molecule has 1 aromatic heterocycles. The number of fused-ring (bicyclic) bond motifs is 1. The smallest absolute Gasteiger partial charge is 0.200 e. The van der Waals surface area contributed by atoms with Gasteiger partial charge in [0.05, 0.1) is 6.15 Å². The number of nitrogens with zero attached hydrogens (tertiary/aromatic N) is 1. The average molecular weight is 584 g/mol. The van der Waals surface area contributed by atoms with Crippen LogP contribution in [0.2, 0.25) is 6.32 Å². The molecule has 0 amide bonds. The van der Waals surface area contributed by atoms with Crippen LogP contribution in [0.15, 0.2) is 115 Å². The Hall–Kier alpha value is -3.65. The van der Waals surface area contributed by atoms with Crippen LogP contribution in [-0.2, 0) is 6.54 Å². The molecule has 0 saturated carbocycles. The van der Waals surface area contributed by atoms with Crippen molar-refractivity contribution < 1.29 is 4.57 Å². The lowest BCUT2D eigenvalue weighted by atomic mass is 9.14. The number of aromatic nitrogens is 1. The average Bonchev–Trinajstić information content (AvgIpc) is 3.05. The topological polar surface area (TPSA) is 3.88 Å². The number of hydrogen-bond acceptors (Lipinski definition) is 0. The van der Waals surface area contributed by atoms with Crippen LogP contribution in [0.1, 0.15) is 81.9 Å². The van der Waals surface area contributed by atoms with E-state index < -0.39 is 6.15 Å². The van der Waals surface area contributed by atoms with E-state index in [0.29, 0.717) is 0 Å². The van der Waals surface area contributed by atoms with Gasteiger partial charge in [-0.05, 0) is 39.3 Å². The lowest BCUT2D eigenvalue weighted by Gasteiger charge is -2.43. The summed E-state index contributed by atoms with van der Waals surface area (Å²) in [7, 11) is 0. The third-order valence-electron chi connectivity index (χ3n) is 9.47. The Kier molecular flexibility index (Phi) is 12.8. The van der Waals surface area contributed by atoms with Crippen LogP contribution >= 0.6 is 0 Å². The molecule has 0 spiro atoms. The van der Waals surface area contributed by atoms with Gasteiger partial charge in [-0.1, -0.05) is 154 Å². The first kappa shape index (κ1) is 33.3. The highest BCUT2D eigenvalue weighted by Crippen LogP contribution is 2.18. The van der Waals surface area contributed by atoms with Crippen LogP contribution in [0.4, 0.5) is 0 Å². The second-order valence-corrected chi connectivity index (χ2v) is 12.9. The van der Waals surface area contributed by atoms with E-state index in [-0.39, 0.29) is 0 Å². The third kappa shape index (κ3) is 8.72. The van der Waals surface area contributed by atoms with E-state index in [2.05, 4.69) is 155 Å². The molecule has 2 heteroatoms. The standard InChI is InChI=1S/C25H30B.C17H24N/c1-5-6-19-26(23-13-7-20(2)8-14-23,24-15-9-21(3)10-16-24)25-17-11-22(4)12-18-25;1-2-3-4-5-6-9-14-18-15-10-12-16-11-7-8-13-17(16)18/h7-18H,5-6,19H2,1-4H3;7-8,10-13,15H,2-6,9,14H2,1H3/q-1;+1. The maximum absolute atomic E-state index is 2.38. The fourth-order valence-electron chi connectivity index (χ4n) is 6.75. The molecular weight excluding hydrogens is 529 g/mol. The molecule has 4 aromatic carbocycles. The zero-order valence-electron chi connectivity index (χ0n) is 28.1. The van der Waals surface area contributed by atoms with E-state index in [1.165, 1.54) is 102 Å². The van der Waals surface area contributed by atoms with Crippen LogP contribution in [0.3, 0.4) is 0 Å². The van der Waals surface area contributed by atoms with Crippen LogP contribution in [0.5, 0.6) is 0 Å². The van der Waals surface area contributed by atoms with Crippen molar-refractivity contribution in [2.45, 2.75) is 98.9 Å². The summed E-state index contributed by atoms with van der Waals surface area (Å²) in [5.74, 6) is 0. The molecule has 0 saturated heterocycles. The SMILES string of the molecule is CCCCCCCC[n+]1cccc2ccccc21.CCCC[B-](c1ccc(C)cc1)(c1ccc(C)cc1)c1ccc(C)cc1. The maximum atomic E-state index is 2.38. The molecule has 1 heterocycles. The Morgan fingerprint density at radius 1 is 0.477 bits per heavy atom. The number of rotatable bonds is 13. The second-order valence-electron chi connectivity index (χ2n) is 12.9. The van der Waals surface area contributed by atoms with Crippen LogP contribution in [0, 0.1) is 20.8 Å². The number of aryl methyl sites for hydroxylation is 4. The minimum absolute atomic E-state index is 0.957. The molecule has 5 rings (SSSR count). The fourth-order valence-corrected chi connectivity index (χ4v) is 6.75. The van der Waals surface area contributed by atoms with Crippen molar-refractivity contribution in [2.75, 3.05) is 0 Å². The van der Waals surface area contributed by atoms with Gasteiger partial charge in [0.25, 0.3) is 0 Å². The first-order chi connectivity index (χ1) is 21.5. The Morgan fingerprint density at radius 2 is 0.932 bits per heavy atom. The molecule has 0 aliphatic heterocycles. The minimum atomic E-state index is -0.957. The molecule has 0 radical (unpaired) electrons. The Morgan fingerprint density at radius 3 is 1.45 bits per heavy atom. The van der Waals surface area contributed by atoms with Crippen molar-refractivity contribution >= 4 is 33.4 Å². The van der Waals surface area contributed by atoms with Gasteiger partial charge in [0, 0.05) is 23.9 Å². The van der Waals surface area contributed by atoms with Crippen LogP contribution < -0.4 is 21.0 Å². The first-order valence-electron chi connectivity index (χ1n) is 17.2. The number of benzene rings is 4. The van der Waals surface area contributed by atoms with Crippen molar-refractivity contribution in [1.82, 2.24) is 0 Å². The van der Waals surface area contributed by atoms with Crippen molar-refractivity contribution in [1.29, 1.82) is 0 Å². The van der Waals surface area contributed by atoms with E-state index in [4.69, 9.17) is 0 Å². The molecule has 0 bridgehead atoms. The van der Waals surface area contributed by atoms with Gasteiger partial charge in [-0.25, -0.2) is 0 Å². The van der Waals surface area contributed by atoms with Gasteiger partial charge in [-0.15, -0.1) is 0 Å². The predicted molar refractivity (Wildman–Crippen MR) is 195 cm³/mol. The zero-order valence-corrected chi connectivity index (χ0v) is 28.1. The van der Waals surface area contributed by atoms with E-state index in [9.17, 15) is 0 Å². The Balaban J connectivity index is 0.000000215. The molecule has 0 aliphatic carbocycles. The van der Waals surface area contributed by atoms with Gasteiger partial charge in [0.15, 0.2) is 6.20 Å². The van der Waals surface area contributed by atoms with E-state index in [1.54, 1.807) is 0 Å². The van der Waals surface area contributed by atoms with E-state index in [1.807, 2.05) is 0 Å². The molecular formula is C42H54BN. The summed E-state index contributed by atoms with van der Waals surface area (Å²) in [5, 5.41) is 1.34. The third-order valence-corrected chi connectivity index (χ3v) is 9.47. The van der Waals surface area contributed by atoms with Crippen molar-refractivity contribution in [3.63, 3.8) is 0 Å². The molecule has 0 unspecified atom stereocenters. The Labute approximate surface area is 268 Å². The fraction of sp³-hybridized carbons (Fsp3) is 0.357. The summed E-state index contributed by atoms with van der Waals surface area (Å²) in [6.45, 7) is 12.2. The van der Waals surface area contributed by atoms with Crippen molar-refractivity contribution in [3.8, 4) is 0 Å². The van der Waals surface area contributed by atoms with Crippen LogP contribution in [-0.4, -0.2) is 6.15 Å². The maximum Gasteiger partial charge on any atom is 0.212 e. The summed E-state index contributed by atoms with van der Waals surface area (Å²) in [6, 6.07) is 40.7. The predicted octanol–water partition coefficient (Wildman–Crippen LogP) is 9.37. The Bertz CT molecular complexity index is 1420. The summed E-state index contributed by atoms with van der Waals surface area (Å²) in [5.41, 5.74) is 9.68.